The lowest BCUT2D eigenvalue weighted by molar-refractivity contribution is 0.471. The lowest BCUT2D eigenvalue weighted by Gasteiger charge is -2.02. The fourth-order valence-corrected chi connectivity index (χ4v) is 1.34. The topological polar surface area (TPSA) is 56.9 Å². The van der Waals surface area contributed by atoms with Gasteiger partial charge in [0.15, 0.2) is 5.75 Å². The summed E-state index contributed by atoms with van der Waals surface area (Å²) in [5.74, 6) is -0.548. The molecule has 78 valence electrons. The molecule has 0 aliphatic heterocycles. The van der Waals surface area contributed by atoms with Crippen LogP contribution in [-0.4, -0.2) is 10.1 Å². The number of nitriles is 1. The Labute approximate surface area is 91.4 Å². The first-order valence-electron chi connectivity index (χ1n) is 4.56. The summed E-state index contributed by atoms with van der Waals surface area (Å²) in [4.78, 5) is 3.93. The number of hydrogen-bond acceptors (Lipinski definition) is 3. The molecule has 0 bridgehead atoms. The quantitative estimate of drug-likeness (QED) is 0.793. The molecule has 0 radical (unpaired) electrons. The lowest BCUT2D eigenvalue weighted by Crippen LogP contribution is -1.87. The Kier molecular flexibility index (Phi) is 2.52. The normalized spacial score (nSPS) is 9.75. The fraction of sp³-hybridized carbons (Fsp3) is 0. The van der Waals surface area contributed by atoms with Crippen LogP contribution in [0.5, 0.6) is 5.75 Å². The predicted molar refractivity (Wildman–Crippen MR) is 56.0 cm³/mol. The van der Waals surface area contributed by atoms with Crippen LogP contribution in [0.4, 0.5) is 4.39 Å². The molecule has 0 atom stereocenters. The predicted octanol–water partition coefficient (Wildman–Crippen LogP) is 2.46. The zero-order valence-corrected chi connectivity index (χ0v) is 8.18. The van der Waals surface area contributed by atoms with Crippen LogP contribution in [0.15, 0.2) is 36.5 Å². The molecule has 1 heterocycles. The maximum atomic E-state index is 13.0. The van der Waals surface area contributed by atoms with Gasteiger partial charge in [-0.2, -0.15) is 5.26 Å². The van der Waals surface area contributed by atoms with Crippen molar-refractivity contribution in [1.29, 1.82) is 5.26 Å². The summed E-state index contributed by atoms with van der Waals surface area (Å²) in [6, 6.07) is 9.15. The minimum atomic E-state index is -0.370. The van der Waals surface area contributed by atoms with Crippen LogP contribution in [-0.2, 0) is 0 Å². The average Bonchev–Trinajstić information content (AvgIpc) is 2.29. The van der Waals surface area contributed by atoms with E-state index in [0.29, 0.717) is 11.3 Å². The van der Waals surface area contributed by atoms with Crippen molar-refractivity contribution in [3.63, 3.8) is 0 Å². The van der Waals surface area contributed by atoms with Gasteiger partial charge in [0.25, 0.3) is 0 Å². The number of aromatic hydroxyl groups is 1. The molecule has 0 saturated carbocycles. The molecule has 3 nitrogen and oxygen atoms in total. The molecule has 0 amide bonds. The maximum Gasteiger partial charge on any atom is 0.151 e. The van der Waals surface area contributed by atoms with E-state index < -0.39 is 0 Å². The molecule has 4 heteroatoms. The van der Waals surface area contributed by atoms with Gasteiger partial charge in [0, 0.05) is 5.56 Å². The van der Waals surface area contributed by atoms with Crippen molar-refractivity contribution in [2.75, 3.05) is 0 Å². The standard InChI is InChI=1S/C12H7FN2O/c13-10-3-1-2-8(4-10)11-5-9(6-14)12(16)7-15-11/h1-5,7,16H. The molecule has 1 aromatic carbocycles. The molecule has 0 saturated heterocycles. The van der Waals surface area contributed by atoms with E-state index in [2.05, 4.69) is 4.98 Å². The van der Waals surface area contributed by atoms with E-state index in [0.717, 1.165) is 0 Å². The highest BCUT2D eigenvalue weighted by Crippen LogP contribution is 2.22. The number of hydrogen-bond donors (Lipinski definition) is 1. The molecule has 16 heavy (non-hydrogen) atoms. The Hall–Kier alpha value is -2.41. The third-order valence-corrected chi connectivity index (χ3v) is 2.12. The molecule has 2 rings (SSSR count). The van der Waals surface area contributed by atoms with Crippen LogP contribution in [0, 0.1) is 17.1 Å². The molecule has 1 N–H and O–H groups in total. The van der Waals surface area contributed by atoms with Gasteiger partial charge in [-0.3, -0.25) is 4.98 Å². The number of benzene rings is 1. The summed E-state index contributed by atoms with van der Waals surface area (Å²) < 4.78 is 13.0. The second-order valence-corrected chi connectivity index (χ2v) is 3.21. The SMILES string of the molecule is N#Cc1cc(-c2cccc(F)c2)ncc1O. The van der Waals surface area contributed by atoms with Gasteiger partial charge in [0.1, 0.15) is 11.9 Å². The van der Waals surface area contributed by atoms with E-state index in [1.807, 2.05) is 6.07 Å². The van der Waals surface area contributed by atoms with Crippen LogP contribution in [0.3, 0.4) is 0 Å². The number of pyridine rings is 1. The molecule has 0 fully saturated rings. The van der Waals surface area contributed by atoms with Gasteiger partial charge in [-0.1, -0.05) is 12.1 Å². The second kappa shape index (κ2) is 3.99. The number of nitrogens with zero attached hydrogens (tertiary/aromatic N) is 2. The molecule has 0 aliphatic rings. The van der Waals surface area contributed by atoms with E-state index in [9.17, 15) is 9.50 Å². The minimum absolute atomic E-state index is 0.120. The van der Waals surface area contributed by atoms with Gasteiger partial charge in [-0.05, 0) is 18.2 Å². The molecular formula is C12H7FN2O. The zero-order valence-electron chi connectivity index (χ0n) is 8.18. The molecular weight excluding hydrogens is 207 g/mol. The van der Waals surface area contributed by atoms with Gasteiger partial charge >= 0.3 is 0 Å². The Morgan fingerprint density at radius 3 is 2.81 bits per heavy atom. The van der Waals surface area contributed by atoms with Gasteiger partial charge in [0.05, 0.1) is 17.5 Å². The van der Waals surface area contributed by atoms with Crippen LogP contribution in [0.25, 0.3) is 11.3 Å². The first-order valence-corrected chi connectivity index (χ1v) is 4.56. The highest BCUT2D eigenvalue weighted by molar-refractivity contribution is 5.62. The van der Waals surface area contributed by atoms with E-state index in [-0.39, 0.29) is 17.1 Å². The highest BCUT2D eigenvalue weighted by Gasteiger charge is 2.05. The van der Waals surface area contributed by atoms with Gasteiger partial charge < -0.3 is 5.11 Å². The van der Waals surface area contributed by atoms with Crippen molar-refractivity contribution in [3.8, 4) is 23.1 Å². The Morgan fingerprint density at radius 2 is 2.12 bits per heavy atom. The number of rotatable bonds is 1. The summed E-state index contributed by atoms with van der Waals surface area (Å²) in [6.07, 6.45) is 1.18. The van der Waals surface area contributed by atoms with Gasteiger partial charge in [0.2, 0.25) is 0 Å². The Balaban J connectivity index is 2.54. The Morgan fingerprint density at radius 1 is 1.31 bits per heavy atom. The first kappa shape index (κ1) is 10.1. The lowest BCUT2D eigenvalue weighted by atomic mass is 10.1. The molecule has 0 unspecified atom stereocenters. The summed E-state index contributed by atoms with van der Waals surface area (Å²) >= 11 is 0. The van der Waals surface area contributed by atoms with Crippen molar-refractivity contribution < 1.29 is 9.50 Å². The summed E-state index contributed by atoms with van der Waals surface area (Å²) in [6.45, 7) is 0. The van der Waals surface area contributed by atoms with E-state index >= 15 is 0 Å². The van der Waals surface area contributed by atoms with Crippen LogP contribution < -0.4 is 0 Å². The third-order valence-electron chi connectivity index (χ3n) is 2.12. The van der Waals surface area contributed by atoms with Crippen LogP contribution >= 0.6 is 0 Å². The summed E-state index contributed by atoms with van der Waals surface area (Å²) in [5.41, 5.74) is 1.14. The van der Waals surface area contributed by atoms with E-state index in [4.69, 9.17) is 5.26 Å². The zero-order chi connectivity index (χ0) is 11.5. The van der Waals surface area contributed by atoms with Crippen molar-refractivity contribution in [3.05, 3.63) is 47.9 Å². The maximum absolute atomic E-state index is 13.0. The van der Waals surface area contributed by atoms with Crippen LogP contribution in [0.2, 0.25) is 0 Å². The average molecular weight is 214 g/mol. The van der Waals surface area contributed by atoms with E-state index in [1.165, 1.54) is 24.4 Å². The molecule has 0 aliphatic carbocycles. The first-order chi connectivity index (χ1) is 7.70. The number of aromatic nitrogens is 1. The van der Waals surface area contributed by atoms with Crippen molar-refractivity contribution >= 4 is 0 Å². The Bertz CT molecular complexity index is 575. The highest BCUT2D eigenvalue weighted by atomic mass is 19.1. The van der Waals surface area contributed by atoms with E-state index in [1.54, 1.807) is 12.1 Å². The largest absolute Gasteiger partial charge is 0.505 e. The second-order valence-electron chi connectivity index (χ2n) is 3.21. The van der Waals surface area contributed by atoms with Crippen molar-refractivity contribution in [1.82, 2.24) is 4.98 Å². The fourth-order valence-electron chi connectivity index (χ4n) is 1.34. The monoisotopic (exact) mass is 214 g/mol. The summed E-state index contributed by atoms with van der Waals surface area (Å²) in [5, 5.41) is 18.0. The third kappa shape index (κ3) is 1.84. The van der Waals surface area contributed by atoms with Crippen LogP contribution in [0.1, 0.15) is 5.56 Å². The minimum Gasteiger partial charge on any atom is -0.505 e. The smallest absolute Gasteiger partial charge is 0.151 e. The van der Waals surface area contributed by atoms with Gasteiger partial charge in [-0.25, -0.2) is 4.39 Å². The van der Waals surface area contributed by atoms with Crippen molar-refractivity contribution in [2.45, 2.75) is 0 Å². The molecule has 0 spiro atoms. The molecule has 1 aromatic heterocycles. The van der Waals surface area contributed by atoms with Gasteiger partial charge in [-0.15, -0.1) is 0 Å². The summed E-state index contributed by atoms with van der Waals surface area (Å²) in [7, 11) is 0. The number of halogens is 1. The van der Waals surface area contributed by atoms with Crippen molar-refractivity contribution in [2.24, 2.45) is 0 Å². The molecule has 2 aromatic rings.